The Labute approximate surface area is 167 Å². The number of fused-ring (bicyclic) bond motifs is 1. The monoisotopic (exact) mass is 471 g/mol. The van der Waals surface area contributed by atoms with Crippen LogP contribution in [0.2, 0.25) is 0 Å². The number of aryl methyl sites for hydroxylation is 2. The molecular formula is C14H13ClF3N5O2SZn. The van der Waals surface area contributed by atoms with E-state index in [1.54, 1.807) is 0 Å². The van der Waals surface area contributed by atoms with Gasteiger partial charge in [-0.2, -0.15) is 13.2 Å². The Hall–Kier alpha value is -1.52. The van der Waals surface area contributed by atoms with Crippen molar-refractivity contribution in [2.45, 2.75) is 18.1 Å². The molecule has 3 aromatic rings. The van der Waals surface area contributed by atoms with Gasteiger partial charge in [0.15, 0.2) is 5.65 Å². The summed E-state index contributed by atoms with van der Waals surface area (Å²) < 4.78 is 65.8. The quantitative estimate of drug-likeness (QED) is 0.432. The van der Waals surface area contributed by atoms with E-state index in [9.17, 15) is 21.6 Å². The van der Waals surface area contributed by atoms with E-state index in [4.69, 9.17) is 9.69 Å². The zero-order chi connectivity index (χ0) is 20.6. The van der Waals surface area contributed by atoms with Gasteiger partial charge in [-0.05, 0) is 18.8 Å². The summed E-state index contributed by atoms with van der Waals surface area (Å²) in [4.78, 5) is 11.9. The molecular weight excluding hydrogens is 460 g/mol. The number of alkyl halides is 3. The molecule has 3 rings (SSSR count). The Balaban J connectivity index is 0.00000126. The van der Waals surface area contributed by atoms with E-state index in [1.165, 1.54) is 30.2 Å². The molecule has 3 aromatic heterocycles. The summed E-state index contributed by atoms with van der Waals surface area (Å²) in [5.74, 6) is -0.0564. The molecule has 0 saturated heterocycles. The van der Waals surface area contributed by atoms with Crippen molar-refractivity contribution < 1.29 is 38.9 Å². The van der Waals surface area contributed by atoms with Crippen LogP contribution in [0.5, 0.6) is 0 Å². The predicted octanol–water partition coefficient (Wildman–Crippen LogP) is 2.67. The molecule has 0 fully saturated rings. The molecule has 13 heteroatoms. The van der Waals surface area contributed by atoms with E-state index < -0.39 is 21.6 Å². The third-order valence-corrected chi connectivity index (χ3v) is 5.56. The number of pyridine rings is 1. The Morgan fingerprint density at radius 2 is 1.93 bits per heavy atom. The molecule has 0 aliphatic rings. The summed E-state index contributed by atoms with van der Waals surface area (Å²) in [6.07, 6.45) is -1.32. The zero-order valence-electron chi connectivity index (χ0n) is 14.5. The molecule has 7 nitrogen and oxygen atoms in total. The number of rotatable bonds is 3. The Morgan fingerprint density at radius 3 is 2.48 bits per heavy atom. The van der Waals surface area contributed by atoms with Crippen LogP contribution in [0.15, 0.2) is 17.3 Å². The van der Waals surface area contributed by atoms with E-state index in [2.05, 4.69) is 21.3 Å². The van der Waals surface area contributed by atoms with Gasteiger partial charge in [-0.25, -0.2) is 18.4 Å². The first-order chi connectivity index (χ1) is 12.6. The van der Waals surface area contributed by atoms with Crippen LogP contribution in [0, 0.1) is 6.33 Å². The van der Waals surface area contributed by atoms with Crippen molar-refractivity contribution in [3.05, 3.63) is 24.2 Å². The van der Waals surface area contributed by atoms with Gasteiger partial charge in [0.1, 0.15) is 15.4 Å². The minimum absolute atomic E-state index is 0.00201. The van der Waals surface area contributed by atoms with Crippen molar-refractivity contribution in [2.24, 2.45) is 14.1 Å². The molecule has 0 radical (unpaired) electrons. The SMILES string of the molecule is CCS(=O)(=O)c1c(-c2nc3cc(C(F)(F)F)cnc3n2C)n[c-]n1C.[Cl][Zn+]. The molecule has 0 bridgehead atoms. The van der Waals surface area contributed by atoms with Gasteiger partial charge in [-0.1, -0.05) is 6.92 Å². The van der Waals surface area contributed by atoms with Crippen molar-refractivity contribution in [2.75, 3.05) is 5.75 Å². The van der Waals surface area contributed by atoms with Crippen LogP contribution in [-0.4, -0.2) is 38.3 Å². The fraction of sp³-hybridized carbons (Fsp3) is 0.357. The first kappa shape index (κ1) is 21.8. The van der Waals surface area contributed by atoms with Crippen molar-refractivity contribution in [3.8, 4) is 11.5 Å². The van der Waals surface area contributed by atoms with E-state index in [0.717, 1.165) is 23.4 Å². The Morgan fingerprint density at radius 1 is 1.30 bits per heavy atom. The van der Waals surface area contributed by atoms with E-state index in [-0.39, 0.29) is 33.5 Å². The molecule has 0 saturated carbocycles. The molecule has 0 amide bonds. The Bertz CT molecular complexity index is 1080. The van der Waals surface area contributed by atoms with Crippen LogP contribution < -0.4 is 0 Å². The molecule has 0 spiro atoms. The third-order valence-electron chi connectivity index (χ3n) is 3.74. The van der Waals surface area contributed by atoms with Crippen LogP contribution in [0.3, 0.4) is 0 Å². The normalized spacial score (nSPS) is 12.2. The first-order valence-corrected chi connectivity index (χ1v) is 12.9. The molecule has 0 aliphatic carbocycles. The van der Waals surface area contributed by atoms with Gasteiger partial charge < -0.3 is 14.1 Å². The van der Waals surface area contributed by atoms with E-state index in [0.29, 0.717) is 6.20 Å². The van der Waals surface area contributed by atoms with Gasteiger partial charge in [-0.3, -0.25) is 0 Å². The molecule has 0 atom stereocenters. The van der Waals surface area contributed by atoms with Crippen LogP contribution >= 0.6 is 9.69 Å². The fourth-order valence-corrected chi connectivity index (χ4v) is 3.62. The standard InChI is InChI=1S/C14H13F3N5O2S.ClH.Zn/c1-4-25(23,24)13-10(19-7-21(13)2)12-20-9-5-8(14(15,16)17)6-18-11(9)22(12)3;;/h5-6H,4H2,1-3H3;1H;/q-1;;+2/p-1. The van der Waals surface area contributed by atoms with Gasteiger partial charge in [0.2, 0.25) is 0 Å². The Kier molecular flexibility index (Phi) is 6.33. The number of sulfone groups is 1. The van der Waals surface area contributed by atoms with Gasteiger partial charge in [0.25, 0.3) is 0 Å². The maximum absolute atomic E-state index is 12.8. The van der Waals surface area contributed by atoms with Crippen molar-refractivity contribution in [1.82, 2.24) is 24.1 Å². The number of hydrogen-bond donors (Lipinski definition) is 0. The second-order valence-electron chi connectivity index (χ2n) is 5.39. The summed E-state index contributed by atoms with van der Waals surface area (Å²) in [6.45, 7) is 1.48. The van der Waals surface area contributed by atoms with Gasteiger partial charge in [-0.15, -0.1) is 0 Å². The molecule has 0 aromatic carbocycles. The summed E-state index contributed by atoms with van der Waals surface area (Å²) in [6, 6.07) is 0.868. The number of halogens is 4. The van der Waals surface area contributed by atoms with E-state index in [1.807, 2.05) is 0 Å². The van der Waals surface area contributed by atoms with Gasteiger partial charge >= 0.3 is 33.2 Å². The first-order valence-electron chi connectivity index (χ1n) is 7.40. The van der Waals surface area contributed by atoms with Crippen LogP contribution in [0.1, 0.15) is 12.5 Å². The summed E-state index contributed by atoms with van der Waals surface area (Å²) >= 11 is 0.847. The predicted molar refractivity (Wildman–Crippen MR) is 88.1 cm³/mol. The van der Waals surface area contributed by atoms with Crippen molar-refractivity contribution in [3.63, 3.8) is 0 Å². The van der Waals surface area contributed by atoms with E-state index >= 15 is 0 Å². The molecule has 0 aliphatic heterocycles. The molecule has 0 N–H and O–H groups in total. The number of hydrogen-bond acceptors (Lipinski definition) is 5. The van der Waals surface area contributed by atoms with Crippen LogP contribution in [0.25, 0.3) is 22.7 Å². The minimum atomic E-state index is -4.55. The van der Waals surface area contributed by atoms with Crippen LogP contribution in [-0.2, 0) is 47.4 Å². The average molecular weight is 473 g/mol. The molecule has 27 heavy (non-hydrogen) atoms. The van der Waals surface area contributed by atoms with Gasteiger partial charge in [0.05, 0.1) is 11.4 Å². The maximum atomic E-state index is 12.8. The molecule has 142 valence electrons. The van der Waals surface area contributed by atoms with Crippen LogP contribution in [0.4, 0.5) is 13.2 Å². The molecule has 3 heterocycles. The summed E-state index contributed by atoms with van der Waals surface area (Å²) in [5, 5.41) is -0.0931. The van der Waals surface area contributed by atoms with Crippen molar-refractivity contribution in [1.29, 1.82) is 0 Å². The number of imidazole rings is 2. The second kappa shape index (κ2) is 7.85. The third kappa shape index (κ3) is 4.02. The summed E-state index contributed by atoms with van der Waals surface area (Å²) in [7, 11) is 4.13. The number of aromatic nitrogens is 5. The zero-order valence-corrected chi connectivity index (χ0v) is 19.1. The van der Waals surface area contributed by atoms with Gasteiger partial charge in [0, 0.05) is 30.4 Å². The summed E-state index contributed by atoms with van der Waals surface area (Å²) in [5.41, 5.74) is -0.719. The average Bonchev–Trinajstić information content (AvgIpc) is 3.16. The second-order valence-corrected chi connectivity index (χ2v) is 7.58. The number of nitrogens with zero attached hydrogens (tertiary/aromatic N) is 5. The van der Waals surface area contributed by atoms with Crippen molar-refractivity contribution >= 4 is 30.7 Å². The topological polar surface area (TPSA) is 82.7 Å². The fourth-order valence-electron chi connectivity index (χ4n) is 2.46. The molecule has 0 unspecified atom stereocenters.